The van der Waals surface area contributed by atoms with Crippen molar-refractivity contribution < 1.29 is 9.53 Å². The van der Waals surface area contributed by atoms with Gasteiger partial charge in [0, 0.05) is 37.4 Å². The Balaban J connectivity index is 1.71. The van der Waals surface area contributed by atoms with Crippen molar-refractivity contribution in [3.05, 3.63) is 30.1 Å². The molecule has 3 rings (SSSR count). The lowest BCUT2D eigenvalue weighted by Gasteiger charge is -2.44. The van der Waals surface area contributed by atoms with Gasteiger partial charge < -0.3 is 14.5 Å². The summed E-state index contributed by atoms with van der Waals surface area (Å²) in [6.45, 7) is 10.7. The molecule has 5 nitrogen and oxygen atoms in total. The molecule has 25 heavy (non-hydrogen) atoms. The molecule has 3 heterocycles. The van der Waals surface area contributed by atoms with Crippen LogP contribution in [0.2, 0.25) is 0 Å². The molecule has 5 heteroatoms. The zero-order valence-electron chi connectivity index (χ0n) is 15.8. The van der Waals surface area contributed by atoms with Crippen molar-refractivity contribution in [1.29, 1.82) is 0 Å². The summed E-state index contributed by atoms with van der Waals surface area (Å²) in [4.78, 5) is 21.2. The van der Waals surface area contributed by atoms with Gasteiger partial charge in [-0.3, -0.25) is 4.98 Å². The van der Waals surface area contributed by atoms with Crippen molar-refractivity contribution in [2.45, 2.75) is 57.5 Å². The van der Waals surface area contributed by atoms with E-state index >= 15 is 0 Å². The van der Waals surface area contributed by atoms with E-state index in [1.54, 1.807) is 0 Å². The molecule has 2 fully saturated rings. The number of likely N-dealkylation sites (tertiary alicyclic amines) is 2. The first-order valence-corrected chi connectivity index (χ1v) is 9.49. The molecule has 0 radical (unpaired) electrons. The predicted octanol–water partition coefficient (Wildman–Crippen LogP) is 3.45. The van der Waals surface area contributed by atoms with Crippen LogP contribution in [-0.4, -0.2) is 59.2 Å². The lowest BCUT2D eigenvalue weighted by Crippen LogP contribution is -2.50. The summed E-state index contributed by atoms with van der Waals surface area (Å²) in [5.41, 5.74) is 0.965. The third-order valence-corrected chi connectivity index (χ3v) is 5.37. The first kappa shape index (κ1) is 18.2. The molecular formula is C20H31N3O2. The number of hydrogen-bond acceptors (Lipinski definition) is 4. The smallest absolute Gasteiger partial charge is 0.410 e. The van der Waals surface area contributed by atoms with E-state index in [2.05, 4.69) is 16.0 Å². The number of rotatable bonds is 3. The molecular weight excluding hydrogens is 314 g/mol. The molecule has 2 aliphatic heterocycles. The first-order chi connectivity index (χ1) is 11.9. The maximum absolute atomic E-state index is 12.4. The lowest BCUT2D eigenvalue weighted by molar-refractivity contribution is 0.0145. The second kappa shape index (κ2) is 7.32. The van der Waals surface area contributed by atoms with Crippen LogP contribution in [-0.2, 0) is 10.2 Å². The summed E-state index contributed by atoms with van der Waals surface area (Å²) in [5.74, 6) is 0. The Labute approximate surface area is 151 Å². The van der Waals surface area contributed by atoms with Crippen LogP contribution in [0, 0.1) is 0 Å². The monoisotopic (exact) mass is 345 g/mol. The first-order valence-electron chi connectivity index (χ1n) is 9.49. The summed E-state index contributed by atoms with van der Waals surface area (Å²) in [6.07, 6.45) is 8.19. The second-order valence-electron chi connectivity index (χ2n) is 8.47. The van der Waals surface area contributed by atoms with E-state index in [9.17, 15) is 4.79 Å². The molecule has 0 aromatic carbocycles. The van der Waals surface area contributed by atoms with Gasteiger partial charge in [-0.15, -0.1) is 0 Å². The Morgan fingerprint density at radius 2 is 1.88 bits per heavy atom. The van der Waals surface area contributed by atoms with Gasteiger partial charge in [0.25, 0.3) is 0 Å². The third-order valence-electron chi connectivity index (χ3n) is 5.37. The summed E-state index contributed by atoms with van der Waals surface area (Å²) in [6, 6.07) is 4.23. The summed E-state index contributed by atoms with van der Waals surface area (Å²) in [5, 5.41) is 0. The van der Waals surface area contributed by atoms with Crippen LogP contribution in [0.15, 0.2) is 24.5 Å². The van der Waals surface area contributed by atoms with Gasteiger partial charge in [0.05, 0.1) is 0 Å². The van der Waals surface area contributed by atoms with Gasteiger partial charge in [-0.05, 0) is 71.2 Å². The van der Waals surface area contributed by atoms with Gasteiger partial charge in [-0.1, -0.05) is 6.07 Å². The van der Waals surface area contributed by atoms with Crippen LogP contribution in [0.3, 0.4) is 0 Å². The molecule has 0 unspecified atom stereocenters. The average Bonchev–Trinajstić information content (AvgIpc) is 3.07. The highest BCUT2D eigenvalue weighted by Gasteiger charge is 2.40. The van der Waals surface area contributed by atoms with E-state index in [-0.39, 0.29) is 11.5 Å². The number of amides is 1. The fraction of sp³-hybridized carbons (Fsp3) is 0.700. The number of carbonyl (C=O) groups excluding carboxylic acids is 1. The fourth-order valence-electron chi connectivity index (χ4n) is 4.03. The van der Waals surface area contributed by atoms with Crippen LogP contribution >= 0.6 is 0 Å². The highest BCUT2D eigenvalue weighted by atomic mass is 16.6. The van der Waals surface area contributed by atoms with Crippen LogP contribution in [0.5, 0.6) is 0 Å². The molecule has 1 aromatic rings. The van der Waals surface area contributed by atoms with Gasteiger partial charge in [0.2, 0.25) is 0 Å². The Morgan fingerprint density at radius 3 is 2.44 bits per heavy atom. The predicted molar refractivity (Wildman–Crippen MR) is 98.6 cm³/mol. The Morgan fingerprint density at radius 1 is 1.20 bits per heavy atom. The molecule has 0 saturated carbocycles. The molecule has 0 bridgehead atoms. The van der Waals surface area contributed by atoms with Gasteiger partial charge in [0.1, 0.15) is 5.60 Å². The molecule has 1 amide bonds. The molecule has 0 N–H and O–H groups in total. The van der Waals surface area contributed by atoms with E-state index in [0.717, 1.165) is 32.5 Å². The minimum atomic E-state index is -0.440. The van der Waals surface area contributed by atoms with Crippen LogP contribution in [0.4, 0.5) is 4.79 Å². The molecule has 0 aliphatic carbocycles. The SMILES string of the molecule is CC(C)(C)OC(=O)N1CCC(CN2CCCC2)(c2cccnc2)CC1. The molecule has 1 aromatic heterocycles. The average molecular weight is 345 g/mol. The topological polar surface area (TPSA) is 45.7 Å². The summed E-state index contributed by atoms with van der Waals surface area (Å²) in [7, 11) is 0. The normalized spacial score (nSPS) is 21.3. The highest BCUT2D eigenvalue weighted by Crippen LogP contribution is 2.37. The van der Waals surface area contributed by atoms with Gasteiger partial charge >= 0.3 is 6.09 Å². The van der Waals surface area contributed by atoms with Crippen LogP contribution in [0.25, 0.3) is 0 Å². The molecule has 2 aliphatic rings. The molecule has 0 atom stereocenters. The van der Waals surface area contributed by atoms with Crippen molar-refractivity contribution in [2.75, 3.05) is 32.7 Å². The Hall–Kier alpha value is -1.62. The number of ether oxygens (including phenoxy) is 1. The summed E-state index contributed by atoms with van der Waals surface area (Å²) >= 11 is 0. The number of aromatic nitrogens is 1. The van der Waals surface area contributed by atoms with E-state index in [1.165, 1.54) is 31.5 Å². The second-order valence-corrected chi connectivity index (χ2v) is 8.47. The zero-order chi connectivity index (χ0) is 17.9. The van der Waals surface area contributed by atoms with E-state index in [0.29, 0.717) is 0 Å². The van der Waals surface area contributed by atoms with Gasteiger partial charge in [0.15, 0.2) is 0 Å². The maximum atomic E-state index is 12.4. The minimum absolute atomic E-state index is 0.0944. The van der Waals surface area contributed by atoms with E-state index in [4.69, 9.17) is 4.74 Å². The number of pyridine rings is 1. The largest absolute Gasteiger partial charge is 0.444 e. The number of hydrogen-bond donors (Lipinski definition) is 0. The van der Waals surface area contributed by atoms with Gasteiger partial charge in [-0.2, -0.15) is 0 Å². The van der Waals surface area contributed by atoms with Crippen LogP contribution < -0.4 is 0 Å². The number of carbonyl (C=O) groups is 1. The van der Waals surface area contributed by atoms with Crippen LogP contribution in [0.1, 0.15) is 52.0 Å². The lowest BCUT2D eigenvalue weighted by atomic mass is 9.73. The van der Waals surface area contributed by atoms with Gasteiger partial charge in [-0.25, -0.2) is 4.79 Å². The number of piperidine rings is 1. The maximum Gasteiger partial charge on any atom is 0.410 e. The third kappa shape index (κ3) is 4.51. The molecule has 138 valence electrons. The highest BCUT2D eigenvalue weighted by molar-refractivity contribution is 5.68. The summed E-state index contributed by atoms with van der Waals surface area (Å²) < 4.78 is 5.55. The van der Waals surface area contributed by atoms with Crippen molar-refractivity contribution in [3.8, 4) is 0 Å². The molecule has 2 saturated heterocycles. The standard InChI is InChI=1S/C20H31N3O2/c1-19(2,3)25-18(24)23-13-8-20(9-14-23,16-22-11-4-5-12-22)17-7-6-10-21-15-17/h6-7,10,15H,4-5,8-9,11-14,16H2,1-3H3. The van der Waals surface area contributed by atoms with E-state index < -0.39 is 5.60 Å². The quantitative estimate of drug-likeness (QED) is 0.842. The van der Waals surface area contributed by atoms with Crippen molar-refractivity contribution in [1.82, 2.24) is 14.8 Å². The number of nitrogens with zero attached hydrogens (tertiary/aromatic N) is 3. The zero-order valence-corrected chi connectivity index (χ0v) is 15.8. The fourth-order valence-corrected chi connectivity index (χ4v) is 4.03. The van der Waals surface area contributed by atoms with Crippen molar-refractivity contribution in [3.63, 3.8) is 0 Å². The van der Waals surface area contributed by atoms with Crippen molar-refractivity contribution in [2.24, 2.45) is 0 Å². The molecule has 0 spiro atoms. The minimum Gasteiger partial charge on any atom is -0.444 e. The van der Waals surface area contributed by atoms with Crippen molar-refractivity contribution >= 4 is 6.09 Å². The Kier molecular flexibility index (Phi) is 5.32. The van der Waals surface area contributed by atoms with E-state index in [1.807, 2.05) is 44.1 Å². The Bertz CT molecular complexity index is 568.